The van der Waals surface area contributed by atoms with Gasteiger partial charge < -0.3 is 19.7 Å². The Balaban J connectivity index is 2.21. The Morgan fingerprint density at radius 2 is 2.04 bits per heavy atom. The van der Waals surface area contributed by atoms with Crippen LogP contribution in [0.3, 0.4) is 0 Å². The van der Waals surface area contributed by atoms with Crippen molar-refractivity contribution < 1.29 is 14.3 Å². The van der Waals surface area contributed by atoms with Crippen LogP contribution in [0.1, 0.15) is 19.8 Å². The molecule has 0 aromatic heterocycles. The molecule has 0 spiro atoms. The molecule has 0 fully saturated rings. The second-order valence-electron chi connectivity index (χ2n) is 4.97. The van der Waals surface area contributed by atoms with E-state index in [2.05, 4.69) is 10.3 Å². The first-order valence-electron chi connectivity index (χ1n) is 7.92. The van der Waals surface area contributed by atoms with Gasteiger partial charge in [-0.25, -0.2) is 0 Å². The van der Waals surface area contributed by atoms with Crippen molar-refractivity contribution in [3.8, 4) is 5.75 Å². The molecule has 0 bridgehead atoms. The van der Waals surface area contributed by atoms with Crippen LogP contribution in [-0.4, -0.2) is 57.2 Å². The number of hydrogen-bond donors (Lipinski definition) is 1. The van der Waals surface area contributed by atoms with Crippen molar-refractivity contribution in [2.75, 3.05) is 40.4 Å². The summed E-state index contributed by atoms with van der Waals surface area (Å²) in [6.45, 7) is 4.20. The van der Waals surface area contributed by atoms with Gasteiger partial charge in [-0.1, -0.05) is 18.2 Å². The van der Waals surface area contributed by atoms with E-state index >= 15 is 0 Å². The van der Waals surface area contributed by atoms with E-state index in [1.54, 1.807) is 7.05 Å². The molecule has 0 radical (unpaired) electrons. The highest BCUT2D eigenvalue weighted by atomic mass is 16.5. The molecule has 0 aliphatic carbocycles. The molecule has 1 N–H and O–H groups in total. The zero-order chi connectivity index (χ0) is 16.9. The lowest BCUT2D eigenvalue weighted by Crippen LogP contribution is -2.41. The molecule has 6 nitrogen and oxygen atoms in total. The Hall–Kier alpha value is -2.24. The molecule has 0 aliphatic heterocycles. The van der Waals surface area contributed by atoms with E-state index in [1.165, 1.54) is 0 Å². The van der Waals surface area contributed by atoms with Gasteiger partial charge in [-0.3, -0.25) is 9.79 Å². The summed E-state index contributed by atoms with van der Waals surface area (Å²) in [6, 6.07) is 9.72. The fourth-order valence-corrected chi connectivity index (χ4v) is 1.97. The van der Waals surface area contributed by atoms with Gasteiger partial charge in [-0.15, -0.1) is 0 Å². The van der Waals surface area contributed by atoms with Crippen molar-refractivity contribution in [3.63, 3.8) is 0 Å². The van der Waals surface area contributed by atoms with Crippen LogP contribution >= 0.6 is 0 Å². The molecule has 6 heteroatoms. The van der Waals surface area contributed by atoms with Crippen molar-refractivity contribution in [2.45, 2.75) is 19.8 Å². The van der Waals surface area contributed by atoms with E-state index in [0.717, 1.165) is 11.7 Å². The molecule has 0 unspecified atom stereocenters. The normalized spacial score (nSPS) is 11.0. The van der Waals surface area contributed by atoms with Gasteiger partial charge in [-0.05, 0) is 25.5 Å². The van der Waals surface area contributed by atoms with E-state index < -0.39 is 0 Å². The first kappa shape index (κ1) is 18.8. The zero-order valence-electron chi connectivity index (χ0n) is 14.2. The maximum atomic E-state index is 11.3. The molecule has 0 saturated heterocycles. The number of benzene rings is 1. The van der Waals surface area contributed by atoms with E-state index in [1.807, 2.05) is 49.2 Å². The third-order valence-electron chi connectivity index (χ3n) is 3.16. The summed E-state index contributed by atoms with van der Waals surface area (Å²) < 4.78 is 10.6. The molecule has 0 heterocycles. The van der Waals surface area contributed by atoms with Crippen LogP contribution in [0.5, 0.6) is 5.75 Å². The Morgan fingerprint density at radius 3 is 2.70 bits per heavy atom. The molecule has 1 rings (SSSR count). The van der Waals surface area contributed by atoms with Crippen LogP contribution < -0.4 is 10.1 Å². The van der Waals surface area contributed by atoms with Crippen LogP contribution in [0, 0.1) is 0 Å². The van der Waals surface area contributed by atoms with Crippen LogP contribution in [0.15, 0.2) is 35.3 Å². The number of carbonyl (C=O) groups excluding carboxylic acids is 1. The minimum atomic E-state index is -0.158. The highest BCUT2D eigenvalue weighted by Gasteiger charge is 2.06. The van der Waals surface area contributed by atoms with Crippen molar-refractivity contribution in [1.29, 1.82) is 0 Å². The van der Waals surface area contributed by atoms with Gasteiger partial charge in [-0.2, -0.15) is 0 Å². The van der Waals surface area contributed by atoms with E-state index in [0.29, 0.717) is 39.1 Å². The van der Waals surface area contributed by atoms with Gasteiger partial charge >= 0.3 is 5.97 Å². The Morgan fingerprint density at radius 1 is 1.30 bits per heavy atom. The topological polar surface area (TPSA) is 63.2 Å². The zero-order valence-corrected chi connectivity index (χ0v) is 14.2. The number of guanidine groups is 1. The number of likely N-dealkylation sites (N-methyl/N-ethyl adjacent to an activating group) is 1. The van der Waals surface area contributed by atoms with Crippen molar-refractivity contribution in [2.24, 2.45) is 4.99 Å². The van der Waals surface area contributed by atoms with Gasteiger partial charge in [0.2, 0.25) is 0 Å². The highest BCUT2D eigenvalue weighted by Crippen LogP contribution is 2.07. The van der Waals surface area contributed by atoms with Gasteiger partial charge in [0.05, 0.1) is 13.2 Å². The quantitative estimate of drug-likeness (QED) is 0.326. The molecule has 0 aliphatic rings. The van der Waals surface area contributed by atoms with Crippen molar-refractivity contribution in [3.05, 3.63) is 30.3 Å². The predicted molar refractivity (Wildman–Crippen MR) is 91.8 cm³/mol. The van der Waals surface area contributed by atoms with Crippen LogP contribution in [-0.2, 0) is 9.53 Å². The lowest BCUT2D eigenvalue weighted by atomic mass is 10.3. The molecule has 0 saturated carbocycles. The third-order valence-corrected chi connectivity index (χ3v) is 3.16. The average molecular weight is 321 g/mol. The maximum absolute atomic E-state index is 11.3. The number of carbonyl (C=O) groups is 1. The lowest BCUT2D eigenvalue weighted by molar-refractivity contribution is -0.143. The second kappa shape index (κ2) is 11.3. The van der Waals surface area contributed by atoms with Crippen LogP contribution in [0.2, 0.25) is 0 Å². The third kappa shape index (κ3) is 8.09. The lowest BCUT2D eigenvalue weighted by Gasteiger charge is -2.22. The smallest absolute Gasteiger partial charge is 0.305 e. The summed E-state index contributed by atoms with van der Waals surface area (Å²) in [4.78, 5) is 17.5. The number of esters is 1. The fourth-order valence-electron chi connectivity index (χ4n) is 1.97. The average Bonchev–Trinajstić information content (AvgIpc) is 2.56. The largest absolute Gasteiger partial charge is 0.492 e. The van der Waals surface area contributed by atoms with E-state index in [9.17, 15) is 4.79 Å². The first-order valence-corrected chi connectivity index (χ1v) is 7.92. The highest BCUT2D eigenvalue weighted by molar-refractivity contribution is 5.79. The monoisotopic (exact) mass is 321 g/mol. The number of rotatable bonds is 9. The minimum Gasteiger partial charge on any atom is -0.492 e. The molecule has 0 amide bonds. The van der Waals surface area contributed by atoms with Crippen LogP contribution in [0.4, 0.5) is 0 Å². The van der Waals surface area contributed by atoms with Gasteiger partial charge in [0.1, 0.15) is 12.4 Å². The molecule has 23 heavy (non-hydrogen) atoms. The van der Waals surface area contributed by atoms with Crippen LogP contribution in [0.25, 0.3) is 0 Å². The number of hydrogen-bond acceptors (Lipinski definition) is 4. The van der Waals surface area contributed by atoms with E-state index in [-0.39, 0.29) is 5.97 Å². The predicted octanol–water partition coefficient (Wildman–Crippen LogP) is 1.92. The number of nitrogens with zero attached hydrogens (tertiary/aromatic N) is 2. The summed E-state index contributed by atoms with van der Waals surface area (Å²) in [5.41, 5.74) is 0. The maximum Gasteiger partial charge on any atom is 0.305 e. The standard InChI is InChI=1S/C17H27N3O3/c1-4-22-16(21)11-8-12-19-17(18-2)20(3)13-14-23-15-9-6-5-7-10-15/h5-7,9-10H,4,8,11-14H2,1-3H3,(H,18,19). The van der Waals surface area contributed by atoms with Crippen molar-refractivity contribution in [1.82, 2.24) is 10.2 Å². The van der Waals surface area contributed by atoms with E-state index in [4.69, 9.17) is 9.47 Å². The number of ether oxygens (including phenoxy) is 2. The SMILES string of the molecule is CCOC(=O)CCCNC(=NC)N(C)CCOc1ccccc1. The Bertz CT molecular complexity index is 477. The summed E-state index contributed by atoms with van der Waals surface area (Å²) in [5, 5.41) is 3.23. The number of aliphatic imine (C=N–C) groups is 1. The molecule has 0 atom stereocenters. The van der Waals surface area contributed by atoms with Gasteiger partial charge in [0, 0.05) is 27.1 Å². The molecule has 1 aromatic carbocycles. The second-order valence-corrected chi connectivity index (χ2v) is 4.97. The van der Waals surface area contributed by atoms with Crippen molar-refractivity contribution >= 4 is 11.9 Å². The summed E-state index contributed by atoms with van der Waals surface area (Å²) in [6.07, 6.45) is 1.13. The minimum absolute atomic E-state index is 0.158. The summed E-state index contributed by atoms with van der Waals surface area (Å²) in [5.74, 6) is 1.48. The molecular formula is C17H27N3O3. The molecule has 1 aromatic rings. The first-order chi connectivity index (χ1) is 11.2. The molecular weight excluding hydrogens is 294 g/mol. The van der Waals surface area contributed by atoms with Gasteiger partial charge in [0.15, 0.2) is 5.96 Å². The molecule has 128 valence electrons. The Kier molecular flexibility index (Phi) is 9.28. The number of para-hydroxylation sites is 1. The summed E-state index contributed by atoms with van der Waals surface area (Å²) >= 11 is 0. The van der Waals surface area contributed by atoms with Gasteiger partial charge in [0.25, 0.3) is 0 Å². The fraction of sp³-hybridized carbons (Fsp3) is 0.529. The Labute approximate surface area is 138 Å². The summed E-state index contributed by atoms with van der Waals surface area (Å²) in [7, 11) is 3.69. The number of nitrogens with one attached hydrogen (secondary N) is 1.